The molecular formula is C25H41NO2. The molecule has 28 heavy (non-hydrogen) atoms. The van der Waals surface area contributed by atoms with Crippen LogP contribution in [0.4, 0.5) is 5.69 Å². The number of nitrogens with two attached hydrogens (primary N) is 1. The fourth-order valence-electron chi connectivity index (χ4n) is 3.49. The predicted octanol–water partition coefficient (Wildman–Crippen LogP) is 7.50. The zero-order valence-corrected chi connectivity index (χ0v) is 18.2. The van der Waals surface area contributed by atoms with Gasteiger partial charge in [0, 0.05) is 6.42 Å². The molecule has 0 heterocycles. The molecule has 0 aliphatic rings. The number of para-hydroxylation sites is 1. The molecular weight excluding hydrogens is 346 g/mol. The standard InChI is InChI=1S/C25H41NO2/c1-3-4-5-6-7-8-9-10-11-12-13-14-15-16-17-21-24(27)22-19-18-20-23(26)25(22)28-2/h10-11,18-20H,3-9,12-17,21,26H2,1-2H3/b11-10-. The van der Waals surface area contributed by atoms with E-state index in [1.165, 1.54) is 70.6 Å². The topological polar surface area (TPSA) is 52.3 Å². The van der Waals surface area contributed by atoms with Crippen molar-refractivity contribution in [1.82, 2.24) is 0 Å². The van der Waals surface area contributed by atoms with Gasteiger partial charge in [0.25, 0.3) is 0 Å². The van der Waals surface area contributed by atoms with E-state index in [4.69, 9.17) is 10.5 Å². The number of methoxy groups -OCH3 is 1. The van der Waals surface area contributed by atoms with Gasteiger partial charge in [0.1, 0.15) is 0 Å². The van der Waals surface area contributed by atoms with Gasteiger partial charge in [-0.3, -0.25) is 4.79 Å². The van der Waals surface area contributed by atoms with Gasteiger partial charge in [0.15, 0.2) is 11.5 Å². The van der Waals surface area contributed by atoms with Crippen molar-refractivity contribution in [3.63, 3.8) is 0 Å². The molecule has 0 bridgehead atoms. The Balaban J connectivity index is 2.00. The van der Waals surface area contributed by atoms with Crippen LogP contribution in [-0.4, -0.2) is 12.9 Å². The number of hydrogen-bond acceptors (Lipinski definition) is 3. The smallest absolute Gasteiger partial charge is 0.166 e. The second-order valence-corrected chi connectivity index (χ2v) is 7.69. The van der Waals surface area contributed by atoms with Crippen LogP contribution in [0.15, 0.2) is 30.4 Å². The molecule has 0 saturated carbocycles. The molecule has 3 heteroatoms. The summed E-state index contributed by atoms with van der Waals surface area (Å²) in [7, 11) is 1.56. The number of ketones is 1. The number of rotatable bonds is 17. The third-order valence-corrected chi connectivity index (χ3v) is 5.22. The Hall–Kier alpha value is -1.77. The van der Waals surface area contributed by atoms with E-state index in [0.29, 0.717) is 23.4 Å². The molecule has 0 saturated heterocycles. The lowest BCUT2D eigenvalue weighted by Gasteiger charge is -2.09. The fraction of sp³-hybridized carbons (Fsp3) is 0.640. The molecule has 0 aromatic heterocycles. The molecule has 2 N–H and O–H groups in total. The van der Waals surface area contributed by atoms with Crippen LogP contribution < -0.4 is 10.5 Å². The second kappa shape index (κ2) is 16.2. The minimum atomic E-state index is 0.127. The average molecular weight is 388 g/mol. The number of carbonyl (C=O) groups excluding carboxylic acids is 1. The van der Waals surface area contributed by atoms with E-state index in [2.05, 4.69) is 19.1 Å². The lowest BCUT2D eigenvalue weighted by molar-refractivity contribution is 0.0976. The Morgan fingerprint density at radius 1 is 0.893 bits per heavy atom. The summed E-state index contributed by atoms with van der Waals surface area (Å²) in [5.41, 5.74) is 7.01. The van der Waals surface area contributed by atoms with Gasteiger partial charge in [0.05, 0.1) is 18.4 Å². The van der Waals surface area contributed by atoms with Crippen LogP contribution in [-0.2, 0) is 0 Å². The van der Waals surface area contributed by atoms with Crippen LogP contribution in [0.2, 0.25) is 0 Å². The molecule has 1 aromatic carbocycles. The maximum Gasteiger partial charge on any atom is 0.166 e. The van der Waals surface area contributed by atoms with Gasteiger partial charge >= 0.3 is 0 Å². The molecule has 0 radical (unpaired) electrons. The Morgan fingerprint density at radius 2 is 1.46 bits per heavy atom. The van der Waals surface area contributed by atoms with E-state index in [1.54, 1.807) is 19.2 Å². The van der Waals surface area contributed by atoms with Crippen molar-refractivity contribution in [3.8, 4) is 5.75 Å². The van der Waals surface area contributed by atoms with Crippen LogP contribution in [0.5, 0.6) is 5.75 Å². The molecule has 3 nitrogen and oxygen atoms in total. The highest BCUT2D eigenvalue weighted by molar-refractivity contribution is 6.00. The van der Waals surface area contributed by atoms with Crippen molar-refractivity contribution in [2.75, 3.05) is 12.8 Å². The summed E-state index contributed by atoms with van der Waals surface area (Å²) >= 11 is 0. The van der Waals surface area contributed by atoms with Crippen molar-refractivity contribution in [1.29, 1.82) is 0 Å². The minimum absolute atomic E-state index is 0.127. The fourth-order valence-corrected chi connectivity index (χ4v) is 3.49. The third kappa shape index (κ3) is 10.5. The van der Waals surface area contributed by atoms with Crippen LogP contribution in [0.1, 0.15) is 107 Å². The molecule has 0 aliphatic heterocycles. The maximum absolute atomic E-state index is 12.4. The number of allylic oxidation sites excluding steroid dienone is 2. The molecule has 1 aromatic rings. The van der Waals surface area contributed by atoms with E-state index >= 15 is 0 Å². The highest BCUT2D eigenvalue weighted by Crippen LogP contribution is 2.27. The molecule has 0 fully saturated rings. The van der Waals surface area contributed by atoms with E-state index in [1.807, 2.05) is 6.07 Å². The Morgan fingerprint density at radius 3 is 2.07 bits per heavy atom. The van der Waals surface area contributed by atoms with Crippen molar-refractivity contribution >= 4 is 11.5 Å². The maximum atomic E-state index is 12.4. The van der Waals surface area contributed by atoms with Crippen LogP contribution in [0.25, 0.3) is 0 Å². The normalized spacial score (nSPS) is 11.2. The summed E-state index contributed by atoms with van der Waals surface area (Å²) < 4.78 is 5.27. The highest BCUT2D eigenvalue weighted by atomic mass is 16.5. The van der Waals surface area contributed by atoms with Crippen molar-refractivity contribution in [2.24, 2.45) is 0 Å². The number of ether oxygens (including phenoxy) is 1. The molecule has 0 aliphatic carbocycles. The summed E-state index contributed by atoms with van der Waals surface area (Å²) in [5, 5.41) is 0. The van der Waals surface area contributed by atoms with Gasteiger partial charge in [-0.25, -0.2) is 0 Å². The minimum Gasteiger partial charge on any atom is -0.494 e. The van der Waals surface area contributed by atoms with E-state index in [9.17, 15) is 4.79 Å². The summed E-state index contributed by atoms with van der Waals surface area (Å²) in [4.78, 5) is 12.4. The van der Waals surface area contributed by atoms with E-state index in [-0.39, 0.29) is 5.78 Å². The van der Waals surface area contributed by atoms with Gasteiger partial charge in [-0.2, -0.15) is 0 Å². The SMILES string of the molecule is CCCCCCCC/C=C\CCCCCCCC(=O)c1cccc(N)c1OC. The zero-order chi connectivity index (χ0) is 20.5. The second-order valence-electron chi connectivity index (χ2n) is 7.69. The number of nitrogen functional groups attached to an aromatic ring is 1. The lowest BCUT2D eigenvalue weighted by atomic mass is 10.0. The predicted molar refractivity (Wildman–Crippen MR) is 121 cm³/mol. The van der Waals surface area contributed by atoms with Gasteiger partial charge in [0.2, 0.25) is 0 Å². The lowest BCUT2D eigenvalue weighted by Crippen LogP contribution is -2.04. The molecule has 0 unspecified atom stereocenters. The van der Waals surface area contributed by atoms with Gasteiger partial charge in [-0.05, 0) is 44.2 Å². The zero-order valence-electron chi connectivity index (χ0n) is 18.2. The van der Waals surface area contributed by atoms with E-state index in [0.717, 1.165) is 12.8 Å². The van der Waals surface area contributed by atoms with E-state index < -0.39 is 0 Å². The van der Waals surface area contributed by atoms with Crippen LogP contribution in [0, 0.1) is 0 Å². The molecule has 1 rings (SSSR count). The number of hydrogen-bond donors (Lipinski definition) is 1. The monoisotopic (exact) mass is 387 g/mol. The number of Topliss-reactive ketones (excluding diaryl/α,β-unsaturated/α-hetero) is 1. The van der Waals surface area contributed by atoms with Crippen molar-refractivity contribution < 1.29 is 9.53 Å². The first-order chi connectivity index (χ1) is 13.7. The summed E-state index contributed by atoms with van der Waals surface area (Å²) in [6, 6.07) is 5.37. The van der Waals surface area contributed by atoms with Gasteiger partial charge in [-0.1, -0.05) is 76.5 Å². The number of carbonyl (C=O) groups is 1. The number of anilines is 1. The molecule has 158 valence electrons. The summed E-state index contributed by atoms with van der Waals surface area (Å²) in [6.45, 7) is 2.26. The van der Waals surface area contributed by atoms with Crippen molar-refractivity contribution in [3.05, 3.63) is 35.9 Å². The molecule has 0 amide bonds. The summed E-state index contributed by atoms with van der Waals surface area (Å²) in [5.74, 6) is 0.641. The average Bonchev–Trinajstić information content (AvgIpc) is 2.70. The molecule has 0 spiro atoms. The summed E-state index contributed by atoms with van der Waals surface area (Å²) in [6.07, 6.45) is 21.7. The largest absolute Gasteiger partial charge is 0.494 e. The van der Waals surface area contributed by atoms with Gasteiger partial charge < -0.3 is 10.5 Å². The van der Waals surface area contributed by atoms with Gasteiger partial charge in [-0.15, -0.1) is 0 Å². The first-order valence-electron chi connectivity index (χ1n) is 11.3. The Labute approximate surface area is 172 Å². The Bertz CT molecular complexity index is 566. The van der Waals surface area contributed by atoms with Crippen LogP contribution >= 0.6 is 0 Å². The number of benzene rings is 1. The number of unbranched alkanes of at least 4 members (excludes halogenated alkanes) is 11. The van der Waals surface area contributed by atoms with Crippen LogP contribution in [0.3, 0.4) is 0 Å². The quantitative estimate of drug-likeness (QED) is 0.130. The Kier molecular flexibility index (Phi) is 14.0. The molecule has 0 atom stereocenters. The first-order valence-corrected chi connectivity index (χ1v) is 11.3. The third-order valence-electron chi connectivity index (χ3n) is 5.22. The van der Waals surface area contributed by atoms with Crippen molar-refractivity contribution in [2.45, 2.75) is 96.8 Å². The highest BCUT2D eigenvalue weighted by Gasteiger charge is 2.13. The first kappa shape index (κ1) is 24.3.